The van der Waals surface area contributed by atoms with Gasteiger partial charge in [0.05, 0.1) is 18.7 Å². The van der Waals surface area contributed by atoms with Crippen molar-refractivity contribution >= 4 is 23.2 Å². The van der Waals surface area contributed by atoms with Crippen LogP contribution in [0.25, 0.3) is 0 Å². The van der Waals surface area contributed by atoms with E-state index in [1.165, 1.54) is 0 Å². The van der Waals surface area contributed by atoms with Gasteiger partial charge in [-0.05, 0) is 20.2 Å². The Morgan fingerprint density at radius 3 is 2.69 bits per heavy atom. The molecule has 0 saturated carbocycles. The summed E-state index contributed by atoms with van der Waals surface area (Å²) in [5.74, 6) is 0.723. The largest absolute Gasteiger partial charge is 0.499 e. The number of halogens is 2. The van der Waals surface area contributed by atoms with Gasteiger partial charge in [0, 0.05) is 18.0 Å². The highest BCUT2D eigenvalue weighted by molar-refractivity contribution is 6.35. The number of hydrogen-bond donors (Lipinski definition) is 0. The van der Waals surface area contributed by atoms with Gasteiger partial charge >= 0.3 is 0 Å². The van der Waals surface area contributed by atoms with Crippen LogP contribution in [0.15, 0.2) is 21.9 Å². The molecule has 1 rings (SSSR count). The van der Waals surface area contributed by atoms with Crippen LogP contribution in [0.2, 0.25) is 0 Å². The minimum Gasteiger partial charge on any atom is -0.499 e. The lowest BCUT2D eigenvalue weighted by atomic mass is 10.1. The molecule has 0 radical (unpaired) electrons. The van der Waals surface area contributed by atoms with Gasteiger partial charge in [0.2, 0.25) is 0 Å². The van der Waals surface area contributed by atoms with E-state index in [0.29, 0.717) is 23.1 Å². The summed E-state index contributed by atoms with van der Waals surface area (Å²) in [6, 6.07) is 0. The summed E-state index contributed by atoms with van der Waals surface area (Å²) >= 11 is 12.0. The third-order valence-electron chi connectivity index (χ3n) is 2.31. The highest BCUT2D eigenvalue weighted by Crippen LogP contribution is 2.30. The van der Waals surface area contributed by atoms with E-state index in [4.69, 9.17) is 32.7 Å². The third-order valence-corrected chi connectivity index (χ3v) is 2.99. The average Bonchev–Trinajstić information content (AvgIpc) is 2.20. The van der Waals surface area contributed by atoms with E-state index in [9.17, 15) is 0 Å². The zero-order chi connectivity index (χ0) is 12.1. The van der Waals surface area contributed by atoms with E-state index in [2.05, 4.69) is 4.90 Å². The Morgan fingerprint density at radius 1 is 1.44 bits per heavy atom. The molecule has 0 aliphatic heterocycles. The highest BCUT2D eigenvalue weighted by atomic mass is 35.5. The molecule has 92 valence electrons. The molecular weight excluding hydrogens is 249 g/mol. The standard InChI is InChI=1S/C11H17Cl2NO2/c1-14(2)4-5-16-11-7-10(15-3)8(12)6-9(11)13/h6,11H,4-5,7H2,1-3H3/t11-/m1/s1. The van der Waals surface area contributed by atoms with Crippen LogP contribution < -0.4 is 0 Å². The predicted octanol–water partition coefficient (Wildman–Crippen LogP) is 2.56. The normalized spacial score (nSPS) is 21.4. The lowest BCUT2D eigenvalue weighted by Gasteiger charge is -2.23. The van der Waals surface area contributed by atoms with Crippen molar-refractivity contribution in [3.05, 3.63) is 21.9 Å². The van der Waals surface area contributed by atoms with Gasteiger partial charge in [0.15, 0.2) is 0 Å². The molecule has 0 aromatic rings. The van der Waals surface area contributed by atoms with Crippen LogP contribution in [-0.4, -0.2) is 45.4 Å². The molecule has 0 aromatic carbocycles. The number of ether oxygens (including phenoxy) is 2. The molecule has 0 heterocycles. The van der Waals surface area contributed by atoms with Crippen LogP contribution in [0, 0.1) is 0 Å². The van der Waals surface area contributed by atoms with Gasteiger partial charge in [-0.1, -0.05) is 23.2 Å². The topological polar surface area (TPSA) is 21.7 Å². The smallest absolute Gasteiger partial charge is 0.117 e. The van der Waals surface area contributed by atoms with Gasteiger partial charge in [-0.3, -0.25) is 0 Å². The van der Waals surface area contributed by atoms with E-state index in [0.717, 1.165) is 12.3 Å². The van der Waals surface area contributed by atoms with Crippen molar-refractivity contribution in [1.82, 2.24) is 4.90 Å². The molecule has 0 bridgehead atoms. The predicted molar refractivity (Wildman–Crippen MR) is 66.7 cm³/mol. The Morgan fingerprint density at radius 2 is 2.12 bits per heavy atom. The van der Waals surface area contributed by atoms with Crippen molar-refractivity contribution < 1.29 is 9.47 Å². The summed E-state index contributed by atoms with van der Waals surface area (Å²) in [5, 5.41) is 1.18. The van der Waals surface area contributed by atoms with E-state index >= 15 is 0 Å². The second-order valence-corrected chi connectivity index (χ2v) is 4.71. The average molecular weight is 266 g/mol. The molecule has 1 atom stereocenters. The van der Waals surface area contributed by atoms with Gasteiger partial charge < -0.3 is 14.4 Å². The Bertz CT molecular complexity index is 300. The van der Waals surface area contributed by atoms with Crippen molar-refractivity contribution in [1.29, 1.82) is 0 Å². The molecule has 0 amide bonds. The molecule has 1 aliphatic rings. The lowest BCUT2D eigenvalue weighted by molar-refractivity contribution is 0.0603. The zero-order valence-electron chi connectivity index (χ0n) is 9.80. The SMILES string of the molecule is COC1=C(Cl)C=C(Cl)[C@H](OCCN(C)C)C1. The summed E-state index contributed by atoms with van der Waals surface area (Å²) in [6.45, 7) is 1.50. The molecule has 0 saturated heterocycles. The maximum atomic E-state index is 6.06. The van der Waals surface area contributed by atoms with Crippen LogP contribution in [-0.2, 0) is 9.47 Å². The summed E-state index contributed by atoms with van der Waals surface area (Å²) in [6.07, 6.45) is 2.14. The minimum absolute atomic E-state index is 0.140. The van der Waals surface area contributed by atoms with Crippen LogP contribution in [0.1, 0.15) is 6.42 Å². The Balaban J connectivity index is 2.49. The van der Waals surface area contributed by atoms with Gasteiger partial charge in [-0.25, -0.2) is 0 Å². The molecule has 16 heavy (non-hydrogen) atoms. The fourth-order valence-corrected chi connectivity index (χ4v) is 1.93. The van der Waals surface area contributed by atoms with Gasteiger partial charge in [0.1, 0.15) is 11.9 Å². The molecule has 0 fully saturated rings. The first kappa shape index (κ1) is 13.8. The second-order valence-electron chi connectivity index (χ2n) is 3.87. The number of methoxy groups -OCH3 is 1. The molecule has 0 spiro atoms. The Hall–Kier alpha value is -0.220. The van der Waals surface area contributed by atoms with E-state index in [1.807, 2.05) is 14.1 Å². The monoisotopic (exact) mass is 265 g/mol. The zero-order valence-corrected chi connectivity index (χ0v) is 11.3. The first-order valence-electron chi connectivity index (χ1n) is 5.10. The van der Waals surface area contributed by atoms with E-state index in [1.54, 1.807) is 13.2 Å². The number of likely N-dealkylation sites (N-methyl/N-ethyl adjacent to an activating group) is 1. The minimum atomic E-state index is -0.140. The maximum absolute atomic E-state index is 6.06. The first-order valence-corrected chi connectivity index (χ1v) is 5.86. The quantitative estimate of drug-likeness (QED) is 0.763. The summed E-state index contributed by atoms with van der Waals surface area (Å²) in [7, 11) is 5.60. The highest BCUT2D eigenvalue weighted by Gasteiger charge is 2.22. The molecule has 3 nitrogen and oxygen atoms in total. The Labute approximate surface area is 107 Å². The first-order chi connectivity index (χ1) is 7.54. The third kappa shape index (κ3) is 3.98. The summed E-state index contributed by atoms with van der Waals surface area (Å²) < 4.78 is 10.8. The number of hydrogen-bond acceptors (Lipinski definition) is 3. The molecule has 0 aromatic heterocycles. The maximum Gasteiger partial charge on any atom is 0.117 e. The van der Waals surface area contributed by atoms with Gasteiger partial charge in [0.25, 0.3) is 0 Å². The lowest BCUT2D eigenvalue weighted by Crippen LogP contribution is -2.24. The van der Waals surface area contributed by atoms with Crippen LogP contribution >= 0.6 is 23.2 Å². The van der Waals surface area contributed by atoms with E-state index < -0.39 is 0 Å². The van der Waals surface area contributed by atoms with Gasteiger partial charge in [-0.15, -0.1) is 0 Å². The van der Waals surface area contributed by atoms with Crippen LogP contribution in [0.4, 0.5) is 0 Å². The van der Waals surface area contributed by atoms with Crippen LogP contribution in [0.5, 0.6) is 0 Å². The van der Waals surface area contributed by atoms with Gasteiger partial charge in [-0.2, -0.15) is 0 Å². The number of nitrogens with zero attached hydrogens (tertiary/aromatic N) is 1. The van der Waals surface area contributed by atoms with Crippen molar-refractivity contribution in [3.8, 4) is 0 Å². The molecule has 5 heteroatoms. The molecule has 0 unspecified atom stereocenters. The molecule has 0 N–H and O–H groups in total. The van der Waals surface area contributed by atoms with E-state index in [-0.39, 0.29) is 6.10 Å². The number of rotatable bonds is 5. The summed E-state index contributed by atoms with van der Waals surface area (Å²) in [5.41, 5.74) is 0. The van der Waals surface area contributed by atoms with Crippen molar-refractivity contribution in [2.75, 3.05) is 34.4 Å². The molecule has 1 aliphatic carbocycles. The fourth-order valence-electron chi connectivity index (χ4n) is 1.35. The Kier molecular flexibility index (Phi) is 5.62. The fraction of sp³-hybridized carbons (Fsp3) is 0.636. The summed E-state index contributed by atoms with van der Waals surface area (Å²) in [4.78, 5) is 2.06. The second kappa shape index (κ2) is 6.50. The molecular formula is C11H17Cl2NO2. The van der Waals surface area contributed by atoms with Crippen molar-refractivity contribution in [2.45, 2.75) is 12.5 Å². The van der Waals surface area contributed by atoms with Crippen LogP contribution in [0.3, 0.4) is 0 Å². The van der Waals surface area contributed by atoms with Crippen molar-refractivity contribution in [2.24, 2.45) is 0 Å². The van der Waals surface area contributed by atoms with Crippen molar-refractivity contribution in [3.63, 3.8) is 0 Å². The number of allylic oxidation sites excluding steroid dienone is 2.